The number of hydrogen-bond donors (Lipinski definition) is 0. The van der Waals surface area contributed by atoms with E-state index in [1.165, 1.54) is 31.3 Å². The van der Waals surface area contributed by atoms with Crippen molar-refractivity contribution in [3.8, 4) is 0 Å². The lowest BCUT2D eigenvalue weighted by Gasteiger charge is -2.58. The molecule has 0 aromatic heterocycles. The highest BCUT2D eigenvalue weighted by atomic mass is 31.2. The molecule has 6 atom stereocenters. The molecule has 0 aromatic carbocycles. The molecule has 5 nitrogen and oxygen atoms in total. The third-order valence-corrected chi connectivity index (χ3v) is 12.5. The maximum Gasteiger partial charge on any atom is 0.346 e. The first-order valence-electron chi connectivity index (χ1n) is 11.9. The van der Waals surface area contributed by atoms with Crippen LogP contribution >= 0.6 is 7.67 Å². The van der Waals surface area contributed by atoms with Gasteiger partial charge in [-0.3, -0.25) is 9.36 Å². The van der Waals surface area contributed by atoms with Gasteiger partial charge < -0.3 is 4.52 Å². The molecule has 0 bridgehead atoms. The van der Waals surface area contributed by atoms with E-state index in [4.69, 9.17) is 4.52 Å². The highest BCUT2D eigenvalue weighted by Gasteiger charge is 2.61. The second kappa shape index (κ2) is 6.28. The van der Waals surface area contributed by atoms with Gasteiger partial charge in [0.2, 0.25) is 0 Å². The second-order valence-electron chi connectivity index (χ2n) is 11.1. The van der Waals surface area contributed by atoms with Gasteiger partial charge in [0.15, 0.2) is 5.78 Å². The molecule has 0 radical (unpaired) electrons. The Morgan fingerprint density at radius 3 is 2.38 bits per heavy atom. The molecule has 2 heterocycles. The Morgan fingerprint density at radius 1 is 0.966 bits per heavy atom. The van der Waals surface area contributed by atoms with Gasteiger partial charge in [-0.05, 0) is 79.6 Å². The van der Waals surface area contributed by atoms with Crippen LogP contribution in [0.1, 0.15) is 65.2 Å². The number of carbonyl (C=O) groups is 1. The van der Waals surface area contributed by atoms with E-state index >= 15 is 0 Å². The molecule has 2 aliphatic heterocycles. The quantitative estimate of drug-likeness (QED) is 0.492. The van der Waals surface area contributed by atoms with Crippen molar-refractivity contribution in [2.24, 2.45) is 28.6 Å². The van der Waals surface area contributed by atoms with Crippen LogP contribution in [0.2, 0.25) is 0 Å². The third kappa shape index (κ3) is 2.76. The van der Waals surface area contributed by atoms with Gasteiger partial charge >= 0.3 is 7.67 Å². The molecule has 6 aliphatic rings. The number of allylic oxidation sites excluding steroid dienone is 1. The first-order chi connectivity index (χ1) is 13.8. The van der Waals surface area contributed by atoms with Gasteiger partial charge in [-0.2, -0.15) is 0 Å². The van der Waals surface area contributed by atoms with Crippen LogP contribution in [-0.2, 0) is 13.9 Å². The van der Waals surface area contributed by atoms with E-state index in [0.717, 1.165) is 57.8 Å². The van der Waals surface area contributed by atoms with Crippen molar-refractivity contribution in [1.82, 2.24) is 9.34 Å². The van der Waals surface area contributed by atoms with Crippen molar-refractivity contribution >= 4 is 13.5 Å². The van der Waals surface area contributed by atoms with Crippen molar-refractivity contribution in [3.63, 3.8) is 0 Å². The molecule has 0 amide bonds. The van der Waals surface area contributed by atoms with Gasteiger partial charge in [0.05, 0.1) is 6.10 Å². The van der Waals surface area contributed by atoms with Gasteiger partial charge in [-0.1, -0.05) is 19.4 Å². The lowest BCUT2D eigenvalue weighted by molar-refractivity contribution is -0.117. The Labute approximate surface area is 174 Å². The van der Waals surface area contributed by atoms with Crippen molar-refractivity contribution in [2.75, 3.05) is 26.2 Å². The standard InChI is InChI=1S/C23H35N2O3P/c1-22-9-7-17(26)15-16(22)3-4-18-19-5-6-21(23(19,2)10-8-20(18)22)28-29(27,24-11-12-24)25-13-14-25/h15,18-21H,3-14H2,1-2H3. The minimum Gasteiger partial charge on any atom is -0.302 e. The van der Waals surface area contributed by atoms with Gasteiger partial charge in [0.1, 0.15) is 0 Å². The van der Waals surface area contributed by atoms with E-state index in [-0.39, 0.29) is 16.9 Å². The molecule has 0 spiro atoms. The maximum atomic E-state index is 13.7. The van der Waals surface area contributed by atoms with Crippen LogP contribution in [0.15, 0.2) is 11.6 Å². The van der Waals surface area contributed by atoms with Crippen molar-refractivity contribution in [1.29, 1.82) is 0 Å². The number of hydrogen-bond acceptors (Lipinski definition) is 3. The molecule has 160 valence electrons. The van der Waals surface area contributed by atoms with E-state index < -0.39 is 7.67 Å². The Hall–Kier alpha value is -0.480. The zero-order valence-corrected chi connectivity index (χ0v) is 18.8. The van der Waals surface area contributed by atoms with Crippen LogP contribution in [0.25, 0.3) is 0 Å². The Balaban J connectivity index is 1.26. The molecule has 29 heavy (non-hydrogen) atoms. The molecular formula is C23H35N2O3P. The molecule has 4 aliphatic carbocycles. The zero-order chi connectivity index (χ0) is 20.0. The second-order valence-corrected chi connectivity index (χ2v) is 13.4. The summed E-state index contributed by atoms with van der Waals surface area (Å²) in [5.41, 5.74) is 1.83. The van der Waals surface area contributed by atoms with Crippen LogP contribution in [0.4, 0.5) is 0 Å². The van der Waals surface area contributed by atoms with Crippen LogP contribution in [0, 0.1) is 28.6 Å². The third-order valence-electron chi connectivity index (χ3n) is 9.70. The van der Waals surface area contributed by atoms with E-state index in [1.807, 2.05) is 6.08 Å². The summed E-state index contributed by atoms with van der Waals surface area (Å²) in [6.07, 6.45) is 10.9. The number of fused-ring (bicyclic) bond motifs is 5. The van der Waals surface area contributed by atoms with Crippen molar-refractivity contribution in [3.05, 3.63) is 11.6 Å². The average Bonchev–Trinajstić information content (AvgIpc) is 3.59. The summed E-state index contributed by atoms with van der Waals surface area (Å²) in [5.74, 6) is 2.46. The van der Waals surface area contributed by atoms with E-state index in [9.17, 15) is 9.36 Å². The first-order valence-corrected chi connectivity index (χ1v) is 13.4. The summed E-state index contributed by atoms with van der Waals surface area (Å²) in [6.45, 7) is 8.60. The lowest BCUT2D eigenvalue weighted by atomic mass is 9.47. The van der Waals surface area contributed by atoms with Crippen molar-refractivity contribution < 1.29 is 13.9 Å². The number of ketones is 1. The minimum absolute atomic E-state index is 0.137. The summed E-state index contributed by atoms with van der Waals surface area (Å²) in [7, 11) is -2.76. The highest BCUT2D eigenvalue weighted by Crippen LogP contribution is 2.69. The summed E-state index contributed by atoms with van der Waals surface area (Å²) < 4.78 is 24.4. The summed E-state index contributed by atoms with van der Waals surface area (Å²) >= 11 is 0. The fraction of sp³-hybridized carbons (Fsp3) is 0.870. The molecule has 6 rings (SSSR count). The Bertz CT molecular complexity index is 803. The van der Waals surface area contributed by atoms with Crippen LogP contribution in [-0.4, -0.2) is 47.4 Å². The summed E-state index contributed by atoms with van der Waals surface area (Å²) in [6, 6.07) is 0. The number of rotatable bonds is 4. The smallest absolute Gasteiger partial charge is 0.302 e. The van der Waals surface area contributed by atoms with Crippen LogP contribution in [0.5, 0.6) is 0 Å². The molecule has 0 N–H and O–H groups in total. The molecule has 0 aromatic rings. The number of nitrogens with zero attached hydrogens (tertiary/aromatic N) is 2. The van der Waals surface area contributed by atoms with E-state index in [0.29, 0.717) is 17.6 Å². The minimum atomic E-state index is -2.76. The van der Waals surface area contributed by atoms with Crippen molar-refractivity contribution in [2.45, 2.75) is 71.3 Å². The van der Waals surface area contributed by atoms with Gasteiger partial charge in [0.25, 0.3) is 0 Å². The fourth-order valence-corrected chi connectivity index (χ4v) is 10.2. The predicted molar refractivity (Wildman–Crippen MR) is 112 cm³/mol. The average molecular weight is 419 g/mol. The van der Waals surface area contributed by atoms with Gasteiger partial charge in [-0.15, -0.1) is 0 Å². The predicted octanol–water partition coefficient (Wildman–Crippen LogP) is 4.64. The van der Waals surface area contributed by atoms with E-state index in [2.05, 4.69) is 23.2 Å². The molecule has 6 heteroatoms. The lowest BCUT2D eigenvalue weighted by Crippen LogP contribution is -2.51. The molecule has 2 saturated heterocycles. The molecular weight excluding hydrogens is 383 g/mol. The SMILES string of the molecule is CC12CCC(=O)C=C1CCC1C2CCC2(C)C(OP(=O)(N3CC3)N3CC3)CCC12. The monoisotopic (exact) mass is 418 g/mol. The van der Waals surface area contributed by atoms with Gasteiger partial charge in [-0.25, -0.2) is 9.34 Å². The molecule has 3 saturated carbocycles. The van der Waals surface area contributed by atoms with E-state index in [1.54, 1.807) is 0 Å². The maximum absolute atomic E-state index is 13.7. The molecule has 5 fully saturated rings. The van der Waals surface area contributed by atoms with Gasteiger partial charge in [0, 0.05) is 32.6 Å². The first kappa shape index (κ1) is 19.2. The molecule has 6 unspecified atom stereocenters. The largest absolute Gasteiger partial charge is 0.346 e. The summed E-state index contributed by atoms with van der Waals surface area (Å²) in [4.78, 5) is 12.0. The number of carbonyl (C=O) groups excluding carboxylic acids is 1. The Morgan fingerprint density at radius 2 is 1.69 bits per heavy atom. The fourth-order valence-electron chi connectivity index (χ4n) is 7.76. The zero-order valence-electron chi connectivity index (χ0n) is 17.9. The highest BCUT2D eigenvalue weighted by molar-refractivity contribution is 7.54. The normalized spacial score (nSPS) is 47.2. The van der Waals surface area contributed by atoms with Crippen LogP contribution in [0.3, 0.4) is 0 Å². The topological polar surface area (TPSA) is 49.4 Å². The summed E-state index contributed by atoms with van der Waals surface area (Å²) in [5, 5.41) is 0. The Kier molecular flexibility index (Phi) is 4.16. The van der Waals surface area contributed by atoms with Crippen LogP contribution < -0.4 is 0 Å².